The molecular weight excluding hydrogens is 230 g/mol. The lowest BCUT2D eigenvalue weighted by molar-refractivity contribution is 0.0880. The van der Waals surface area contributed by atoms with E-state index in [1.807, 2.05) is 12.4 Å². The Morgan fingerprint density at radius 1 is 1.50 bits per heavy atom. The van der Waals surface area contributed by atoms with Crippen LogP contribution in [0, 0.1) is 0 Å². The Labute approximate surface area is 108 Å². The van der Waals surface area contributed by atoms with E-state index in [4.69, 9.17) is 10.8 Å². The van der Waals surface area contributed by atoms with Crippen molar-refractivity contribution in [1.29, 1.82) is 0 Å². The molecule has 1 fully saturated rings. The van der Waals surface area contributed by atoms with Gasteiger partial charge in [0.1, 0.15) is 0 Å². The number of hydrogen-bond donors (Lipinski definition) is 2. The van der Waals surface area contributed by atoms with Gasteiger partial charge in [0.2, 0.25) is 0 Å². The first-order chi connectivity index (χ1) is 8.72. The van der Waals surface area contributed by atoms with Crippen molar-refractivity contribution in [2.75, 3.05) is 39.8 Å². The number of piperazine rings is 1. The molecule has 1 saturated heterocycles. The number of nitrogens with two attached hydrogens (primary N) is 1. The van der Waals surface area contributed by atoms with Crippen LogP contribution in [-0.4, -0.2) is 70.6 Å². The summed E-state index contributed by atoms with van der Waals surface area (Å²) in [5.41, 5.74) is 7.03. The van der Waals surface area contributed by atoms with Crippen LogP contribution in [0.15, 0.2) is 12.4 Å². The number of hydrogen-bond acceptors (Lipinski definition) is 5. The molecule has 2 rings (SSSR count). The van der Waals surface area contributed by atoms with Gasteiger partial charge >= 0.3 is 0 Å². The fourth-order valence-corrected chi connectivity index (χ4v) is 2.43. The Bertz CT molecular complexity index is 367. The van der Waals surface area contributed by atoms with E-state index in [2.05, 4.69) is 21.9 Å². The number of aliphatic hydroxyl groups excluding tert-OH is 1. The average molecular weight is 253 g/mol. The van der Waals surface area contributed by atoms with Crippen molar-refractivity contribution in [2.24, 2.45) is 5.73 Å². The van der Waals surface area contributed by atoms with Crippen LogP contribution in [-0.2, 0) is 13.1 Å². The first kappa shape index (κ1) is 13.5. The largest absolute Gasteiger partial charge is 0.394 e. The van der Waals surface area contributed by atoms with Crippen molar-refractivity contribution in [2.45, 2.75) is 19.1 Å². The molecule has 0 bridgehead atoms. The molecule has 1 aromatic heterocycles. The molecule has 3 N–H and O–H groups in total. The zero-order valence-electron chi connectivity index (χ0n) is 11.0. The number of aromatic nitrogens is 2. The molecule has 1 unspecified atom stereocenters. The molecule has 102 valence electrons. The predicted octanol–water partition coefficient (Wildman–Crippen LogP) is -1.05. The monoisotopic (exact) mass is 253 g/mol. The van der Waals surface area contributed by atoms with Crippen molar-refractivity contribution < 1.29 is 5.11 Å². The van der Waals surface area contributed by atoms with Crippen molar-refractivity contribution in [3.8, 4) is 0 Å². The summed E-state index contributed by atoms with van der Waals surface area (Å²) in [6.07, 6.45) is 3.88. The summed E-state index contributed by atoms with van der Waals surface area (Å²) < 4.78 is 1.78. The number of likely N-dealkylation sites (N-methyl/N-ethyl adjacent to an activating group) is 1. The first-order valence-electron chi connectivity index (χ1n) is 6.47. The molecule has 1 aromatic rings. The lowest BCUT2D eigenvalue weighted by Crippen LogP contribution is -2.54. The molecule has 0 aliphatic carbocycles. The molecule has 2 heterocycles. The minimum absolute atomic E-state index is 0.126. The lowest BCUT2D eigenvalue weighted by atomic mass is 10.1. The van der Waals surface area contributed by atoms with Crippen LogP contribution in [0.2, 0.25) is 0 Å². The minimum Gasteiger partial charge on any atom is -0.394 e. The van der Waals surface area contributed by atoms with Crippen LogP contribution in [0.4, 0.5) is 0 Å². The van der Waals surface area contributed by atoms with Gasteiger partial charge in [-0.15, -0.1) is 0 Å². The van der Waals surface area contributed by atoms with Gasteiger partial charge < -0.3 is 15.7 Å². The van der Waals surface area contributed by atoms with Crippen LogP contribution >= 0.6 is 0 Å². The summed E-state index contributed by atoms with van der Waals surface area (Å²) in [6, 6.07) is 0.421. The number of aliphatic hydroxyl groups is 1. The third-order valence-corrected chi connectivity index (χ3v) is 3.48. The summed E-state index contributed by atoms with van der Waals surface area (Å²) in [6.45, 7) is 5.42. The van der Waals surface area contributed by atoms with E-state index in [9.17, 15) is 0 Å². The molecule has 0 spiro atoms. The van der Waals surface area contributed by atoms with Gasteiger partial charge in [-0.25, -0.2) is 0 Å². The van der Waals surface area contributed by atoms with E-state index in [0.29, 0.717) is 19.1 Å². The standard InChI is InChI=1S/C12H23N5O/c1-15-2-3-16(12(6-13)10-15)8-11-7-14-17(9-11)4-5-18/h7,9,12,18H,2-6,8,10,13H2,1H3. The highest BCUT2D eigenvalue weighted by Gasteiger charge is 2.24. The SMILES string of the molecule is CN1CCN(Cc2cnn(CCO)c2)C(CN)C1. The van der Waals surface area contributed by atoms with E-state index in [1.165, 1.54) is 5.56 Å². The van der Waals surface area contributed by atoms with Crippen molar-refractivity contribution in [3.05, 3.63) is 18.0 Å². The molecule has 0 amide bonds. The summed E-state index contributed by atoms with van der Waals surface area (Å²) in [5.74, 6) is 0. The number of nitrogens with zero attached hydrogens (tertiary/aromatic N) is 4. The summed E-state index contributed by atoms with van der Waals surface area (Å²) in [5, 5.41) is 13.1. The Morgan fingerprint density at radius 2 is 2.33 bits per heavy atom. The molecule has 1 aliphatic rings. The minimum atomic E-state index is 0.126. The maximum atomic E-state index is 8.87. The molecule has 0 radical (unpaired) electrons. The van der Waals surface area contributed by atoms with Crippen molar-refractivity contribution >= 4 is 0 Å². The zero-order chi connectivity index (χ0) is 13.0. The fourth-order valence-electron chi connectivity index (χ4n) is 2.43. The topological polar surface area (TPSA) is 70.5 Å². The van der Waals surface area contributed by atoms with Crippen LogP contribution in [0.5, 0.6) is 0 Å². The van der Waals surface area contributed by atoms with Crippen LogP contribution < -0.4 is 5.73 Å². The first-order valence-corrected chi connectivity index (χ1v) is 6.47. The van der Waals surface area contributed by atoms with Crippen molar-refractivity contribution in [1.82, 2.24) is 19.6 Å². The third-order valence-electron chi connectivity index (χ3n) is 3.48. The summed E-state index contributed by atoms with van der Waals surface area (Å²) in [7, 11) is 2.14. The van der Waals surface area contributed by atoms with Gasteiger partial charge in [-0.2, -0.15) is 5.10 Å². The van der Waals surface area contributed by atoms with E-state index in [-0.39, 0.29) is 6.61 Å². The molecule has 6 heteroatoms. The van der Waals surface area contributed by atoms with Gasteiger partial charge in [-0.3, -0.25) is 9.58 Å². The Morgan fingerprint density at radius 3 is 3.06 bits per heavy atom. The van der Waals surface area contributed by atoms with Gasteiger partial charge in [-0.1, -0.05) is 0 Å². The summed E-state index contributed by atoms with van der Waals surface area (Å²) in [4.78, 5) is 4.74. The van der Waals surface area contributed by atoms with Crippen LogP contribution in [0.25, 0.3) is 0 Å². The van der Waals surface area contributed by atoms with Gasteiger partial charge in [0.25, 0.3) is 0 Å². The van der Waals surface area contributed by atoms with Gasteiger partial charge in [0.15, 0.2) is 0 Å². The van der Waals surface area contributed by atoms with Gasteiger partial charge in [0, 0.05) is 50.5 Å². The van der Waals surface area contributed by atoms with E-state index < -0.39 is 0 Å². The van der Waals surface area contributed by atoms with E-state index >= 15 is 0 Å². The Kier molecular flexibility index (Phi) is 4.71. The second kappa shape index (κ2) is 6.29. The van der Waals surface area contributed by atoms with Crippen LogP contribution in [0.3, 0.4) is 0 Å². The highest BCUT2D eigenvalue weighted by atomic mass is 16.3. The smallest absolute Gasteiger partial charge is 0.0640 e. The average Bonchev–Trinajstić information content (AvgIpc) is 2.79. The lowest BCUT2D eigenvalue weighted by Gasteiger charge is -2.39. The van der Waals surface area contributed by atoms with E-state index in [1.54, 1.807) is 4.68 Å². The second-order valence-electron chi connectivity index (χ2n) is 4.96. The molecule has 1 atom stereocenters. The second-order valence-corrected chi connectivity index (χ2v) is 4.96. The third kappa shape index (κ3) is 3.29. The van der Waals surface area contributed by atoms with Crippen LogP contribution in [0.1, 0.15) is 5.56 Å². The fraction of sp³-hybridized carbons (Fsp3) is 0.750. The molecule has 1 aliphatic heterocycles. The molecule has 0 aromatic carbocycles. The zero-order valence-corrected chi connectivity index (χ0v) is 11.0. The molecule has 0 saturated carbocycles. The van der Waals surface area contributed by atoms with Gasteiger partial charge in [-0.05, 0) is 7.05 Å². The highest BCUT2D eigenvalue weighted by molar-refractivity contribution is 5.04. The summed E-state index contributed by atoms with van der Waals surface area (Å²) >= 11 is 0. The molecular formula is C12H23N5O. The maximum Gasteiger partial charge on any atom is 0.0640 e. The molecule has 18 heavy (non-hydrogen) atoms. The normalized spacial score (nSPS) is 22.5. The maximum absolute atomic E-state index is 8.87. The highest BCUT2D eigenvalue weighted by Crippen LogP contribution is 2.12. The van der Waals surface area contributed by atoms with E-state index in [0.717, 1.165) is 26.2 Å². The quantitative estimate of drug-likeness (QED) is 0.701. The predicted molar refractivity (Wildman–Crippen MR) is 70.1 cm³/mol. The number of rotatable bonds is 5. The molecule has 6 nitrogen and oxygen atoms in total. The van der Waals surface area contributed by atoms with Crippen molar-refractivity contribution in [3.63, 3.8) is 0 Å². The Balaban J connectivity index is 1.94. The van der Waals surface area contributed by atoms with Gasteiger partial charge in [0.05, 0.1) is 19.3 Å². The Hall–Kier alpha value is -0.950.